The quantitative estimate of drug-likeness (QED) is 0.710. The molecule has 0 radical (unpaired) electrons. The summed E-state index contributed by atoms with van der Waals surface area (Å²) in [6.45, 7) is 1.95. The molecule has 18 heavy (non-hydrogen) atoms. The van der Waals surface area contributed by atoms with E-state index in [1.807, 2.05) is 19.1 Å². The minimum atomic E-state index is -0.466. The van der Waals surface area contributed by atoms with Gasteiger partial charge in [-0.05, 0) is 37.3 Å². The van der Waals surface area contributed by atoms with Crippen molar-refractivity contribution in [2.45, 2.75) is 6.92 Å². The predicted molar refractivity (Wildman–Crippen MR) is 68.9 cm³/mol. The first kappa shape index (κ1) is 12.0. The van der Waals surface area contributed by atoms with Gasteiger partial charge in [0.2, 0.25) is 0 Å². The molecule has 2 rings (SSSR count). The Morgan fingerprint density at radius 2 is 1.72 bits per heavy atom. The SMILES string of the molecule is Cc1ccc(NC(=O)c2cc(O)ccc2O)cc1. The van der Waals surface area contributed by atoms with E-state index in [0.29, 0.717) is 5.69 Å². The van der Waals surface area contributed by atoms with Crippen LogP contribution in [0.2, 0.25) is 0 Å². The minimum Gasteiger partial charge on any atom is -0.508 e. The van der Waals surface area contributed by atoms with E-state index in [1.54, 1.807) is 12.1 Å². The van der Waals surface area contributed by atoms with Gasteiger partial charge in [-0.3, -0.25) is 4.79 Å². The molecule has 0 bridgehead atoms. The van der Waals surface area contributed by atoms with Crippen LogP contribution in [0.3, 0.4) is 0 Å². The van der Waals surface area contributed by atoms with Gasteiger partial charge in [0.25, 0.3) is 5.91 Å². The van der Waals surface area contributed by atoms with Crippen LogP contribution in [-0.4, -0.2) is 16.1 Å². The summed E-state index contributed by atoms with van der Waals surface area (Å²) in [5, 5.41) is 21.5. The number of anilines is 1. The topological polar surface area (TPSA) is 69.6 Å². The van der Waals surface area contributed by atoms with E-state index in [2.05, 4.69) is 5.32 Å². The van der Waals surface area contributed by atoms with Gasteiger partial charge >= 0.3 is 0 Å². The van der Waals surface area contributed by atoms with E-state index in [9.17, 15) is 15.0 Å². The third kappa shape index (κ3) is 2.60. The van der Waals surface area contributed by atoms with E-state index in [0.717, 1.165) is 5.56 Å². The molecule has 92 valence electrons. The predicted octanol–water partition coefficient (Wildman–Crippen LogP) is 2.66. The Kier molecular flexibility index (Phi) is 3.19. The average Bonchev–Trinajstić information content (AvgIpc) is 2.35. The summed E-state index contributed by atoms with van der Waals surface area (Å²) >= 11 is 0. The smallest absolute Gasteiger partial charge is 0.259 e. The van der Waals surface area contributed by atoms with Gasteiger partial charge in [0.15, 0.2) is 0 Å². The minimum absolute atomic E-state index is 0.0376. The van der Waals surface area contributed by atoms with Gasteiger partial charge in [0.1, 0.15) is 11.5 Å². The van der Waals surface area contributed by atoms with Crippen molar-refractivity contribution in [1.29, 1.82) is 0 Å². The van der Waals surface area contributed by atoms with Gasteiger partial charge in [-0.2, -0.15) is 0 Å². The molecule has 0 atom stereocenters. The molecule has 0 aromatic heterocycles. The summed E-state index contributed by atoms with van der Waals surface area (Å²) in [6, 6.07) is 11.1. The number of carbonyl (C=O) groups is 1. The summed E-state index contributed by atoms with van der Waals surface area (Å²) in [4.78, 5) is 11.9. The molecular formula is C14H13NO3. The number of phenols is 2. The van der Waals surface area contributed by atoms with Crippen LogP contribution >= 0.6 is 0 Å². The molecule has 1 amide bonds. The number of amides is 1. The number of carbonyl (C=O) groups excluding carboxylic acids is 1. The van der Waals surface area contributed by atoms with Gasteiger partial charge in [0.05, 0.1) is 5.56 Å². The highest BCUT2D eigenvalue weighted by atomic mass is 16.3. The normalized spacial score (nSPS) is 10.1. The van der Waals surface area contributed by atoms with Gasteiger partial charge < -0.3 is 15.5 Å². The first-order valence-electron chi connectivity index (χ1n) is 5.46. The number of aromatic hydroxyl groups is 2. The number of rotatable bonds is 2. The average molecular weight is 243 g/mol. The Hall–Kier alpha value is -2.49. The van der Waals surface area contributed by atoms with E-state index in [-0.39, 0.29) is 17.1 Å². The van der Waals surface area contributed by atoms with Crippen molar-refractivity contribution < 1.29 is 15.0 Å². The summed E-state index contributed by atoms with van der Waals surface area (Å²) < 4.78 is 0. The molecule has 0 aliphatic rings. The van der Waals surface area contributed by atoms with Crippen molar-refractivity contribution in [3.05, 3.63) is 53.6 Å². The summed E-state index contributed by atoms with van der Waals surface area (Å²) in [5.41, 5.74) is 1.76. The summed E-state index contributed by atoms with van der Waals surface area (Å²) in [6.07, 6.45) is 0. The number of hydrogen-bond acceptors (Lipinski definition) is 3. The number of nitrogens with one attached hydrogen (secondary N) is 1. The fourth-order valence-electron chi connectivity index (χ4n) is 1.54. The summed E-state index contributed by atoms with van der Waals surface area (Å²) in [7, 11) is 0. The highest BCUT2D eigenvalue weighted by Crippen LogP contribution is 2.23. The Balaban J connectivity index is 2.21. The van der Waals surface area contributed by atoms with Gasteiger partial charge in [-0.15, -0.1) is 0 Å². The molecule has 2 aromatic carbocycles. The number of benzene rings is 2. The van der Waals surface area contributed by atoms with Crippen molar-refractivity contribution >= 4 is 11.6 Å². The van der Waals surface area contributed by atoms with Gasteiger partial charge in [-0.1, -0.05) is 17.7 Å². The fraction of sp³-hybridized carbons (Fsp3) is 0.0714. The summed E-state index contributed by atoms with van der Waals surface area (Å²) in [5.74, 6) is -0.702. The third-order valence-corrected chi connectivity index (χ3v) is 2.53. The fourth-order valence-corrected chi connectivity index (χ4v) is 1.54. The van der Waals surface area contributed by atoms with Crippen LogP contribution < -0.4 is 5.32 Å². The molecule has 0 aliphatic heterocycles. The molecule has 2 aromatic rings. The van der Waals surface area contributed by atoms with E-state index < -0.39 is 5.91 Å². The standard InChI is InChI=1S/C14H13NO3/c1-9-2-4-10(5-3-9)15-14(18)12-8-11(16)6-7-13(12)17/h2-8,16-17H,1H3,(H,15,18). The van der Waals surface area contributed by atoms with Gasteiger partial charge in [0, 0.05) is 5.69 Å². The molecule has 4 nitrogen and oxygen atoms in total. The maximum Gasteiger partial charge on any atom is 0.259 e. The first-order chi connectivity index (χ1) is 8.56. The van der Waals surface area contributed by atoms with Crippen molar-refractivity contribution in [2.24, 2.45) is 0 Å². The van der Waals surface area contributed by atoms with Crippen LogP contribution in [0.4, 0.5) is 5.69 Å². The Morgan fingerprint density at radius 1 is 1.06 bits per heavy atom. The third-order valence-electron chi connectivity index (χ3n) is 2.53. The van der Waals surface area contributed by atoms with Crippen molar-refractivity contribution in [3.63, 3.8) is 0 Å². The molecule has 0 saturated carbocycles. The maximum atomic E-state index is 11.9. The van der Waals surface area contributed by atoms with Crippen molar-refractivity contribution in [1.82, 2.24) is 0 Å². The zero-order valence-electron chi connectivity index (χ0n) is 9.84. The van der Waals surface area contributed by atoms with Crippen LogP contribution in [0.1, 0.15) is 15.9 Å². The Morgan fingerprint density at radius 3 is 2.39 bits per heavy atom. The molecule has 0 spiro atoms. The second-order valence-electron chi connectivity index (χ2n) is 4.02. The van der Waals surface area contributed by atoms with Crippen LogP contribution in [0.5, 0.6) is 11.5 Å². The van der Waals surface area contributed by atoms with Crippen LogP contribution in [0.15, 0.2) is 42.5 Å². The monoisotopic (exact) mass is 243 g/mol. The largest absolute Gasteiger partial charge is 0.508 e. The molecule has 0 fully saturated rings. The molecule has 0 heterocycles. The molecule has 0 aliphatic carbocycles. The highest BCUT2D eigenvalue weighted by molar-refractivity contribution is 6.06. The van der Waals surface area contributed by atoms with Crippen LogP contribution in [-0.2, 0) is 0 Å². The molecular weight excluding hydrogens is 230 g/mol. The Bertz CT molecular complexity index is 576. The van der Waals surface area contributed by atoms with Crippen LogP contribution in [0, 0.1) is 6.92 Å². The number of hydrogen-bond donors (Lipinski definition) is 3. The van der Waals surface area contributed by atoms with Crippen molar-refractivity contribution in [2.75, 3.05) is 5.32 Å². The van der Waals surface area contributed by atoms with E-state index in [4.69, 9.17) is 0 Å². The van der Waals surface area contributed by atoms with Crippen LogP contribution in [0.25, 0.3) is 0 Å². The molecule has 3 N–H and O–H groups in total. The molecule has 4 heteroatoms. The van der Waals surface area contributed by atoms with E-state index in [1.165, 1.54) is 18.2 Å². The lowest BCUT2D eigenvalue weighted by Gasteiger charge is -2.07. The highest BCUT2D eigenvalue weighted by Gasteiger charge is 2.12. The lowest BCUT2D eigenvalue weighted by molar-refractivity contribution is 0.102. The zero-order chi connectivity index (χ0) is 13.1. The van der Waals surface area contributed by atoms with Gasteiger partial charge in [-0.25, -0.2) is 0 Å². The van der Waals surface area contributed by atoms with Crippen molar-refractivity contribution in [3.8, 4) is 11.5 Å². The second kappa shape index (κ2) is 4.79. The lowest BCUT2D eigenvalue weighted by atomic mass is 10.1. The zero-order valence-corrected chi connectivity index (χ0v) is 9.84. The first-order valence-corrected chi connectivity index (χ1v) is 5.46. The molecule has 0 unspecified atom stereocenters. The second-order valence-corrected chi connectivity index (χ2v) is 4.02. The number of aryl methyl sites for hydroxylation is 1. The lowest BCUT2D eigenvalue weighted by Crippen LogP contribution is -2.11. The van der Waals surface area contributed by atoms with E-state index >= 15 is 0 Å². The number of phenolic OH excluding ortho intramolecular Hbond substituents is 2. The maximum absolute atomic E-state index is 11.9. The Labute approximate surface area is 105 Å². The molecule has 0 saturated heterocycles.